The predicted molar refractivity (Wildman–Crippen MR) is 71.0 cm³/mol. The van der Waals surface area contributed by atoms with Crippen LogP contribution in [-0.2, 0) is 4.79 Å². The van der Waals surface area contributed by atoms with Crippen molar-refractivity contribution in [2.45, 2.75) is 52.1 Å². The van der Waals surface area contributed by atoms with Gasteiger partial charge in [0, 0.05) is 19.1 Å². The number of carbonyl (C=O) groups excluding carboxylic acids is 1. The Morgan fingerprint density at radius 3 is 2.82 bits per heavy atom. The predicted octanol–water partition coefficient (Wildman–Crippen LogP) is 0.975. The van der Waals surface area contributed by atoms with Gasteiger partial charge in [-0.2, -0.15) is 0 Å². The van der Waals surface area contributed by atoms with Crippen LogP contribution in [0.5, 0.6) is 0 Å². The molecular weight excluding hydrogens is 214 g/mol. The maximum absolute atomic E-state index is 12.0. The standard InChI is InChI=1S/C13H27N3O/c1-4-6-8-15-13(17)11(3)16(5-2)12-7-9-14-10-12/h11-12,14H,4-10H2,1-3H3,(H,15,17). The van der Waals surface area contributed by atoms with Crippen molar-refractivity contribution in [3.05, 3.63) is 0 Å². The Morgan fingerprint density at radius 1 is 1.53 bits per heavy atom. The first-order valence-corrected chi connectivity index (χ1v) is 6.94. The molecule has 1 fully saturated rings. The maximum Gasteiger partial charge on any atom is 0.237 e. The average Bonchev–Trinajstić information content (AvgIpc) is 2.83. The molecule has 100 valence electrons. The second kappa shape index (κ2) is 7.67. The van der Waals surface area contributed by atoms with Crippen molar-refractivity contribution in [2.75, 3.05) is 26.2 Å². The minimum Gasteiger partial charge on any atom is -0.355 e. The molecule has 2 atom stereocenters. The maximum atomic E-state index is 12.0. The zero-order valence-electron chi connectivity index (χ0n) is 11.5. The fourth-order valence-electron chi connectivity index (χ4n) is 2.46. The number of hydrogen-bond donors (Lipinski definition) is 2. The van der Waals surface area contributed by atoms with E-state index in [2.05, 4.69) is 29.4 Å². The first-order chi connectivity index (χ1) is 8.20. The molecule has 0 aromatic rings. The molecule has 2 N–H and O–H groups in total. The second-order valence-corrected chi connectivity index (χ2v) is 4.80. The van der Waals surface area contributed by atoms with E-state index in [9.17, 15) is 4.79 Å². The lowest BCUT2D eigenvalue weighted by Gasteiger charge is -2.32. The summed E-state index contributed by atoms with van der Waals surface area (Å²) in [6.07, 6.45) is 3.34. The fraction of sp³-hybridized carbons (Fsp3) is 0.923. The lowest BCUT2D eigenvalue weighted by Crippen LogP contribution is -2.50. The Labute approximate surface area is 105 Å². The van der Waals surface area contributed by atoms with E-state index in [0.717, 1.165) is 45.4 Å². The van der Waals surface area contributed by atoms with Gasteiger partial charge in [0.05, 0.1) is 6.04 Å². The highest BCUT2D eigenvalue weighted by Gasteiger charge is 2.28. The normalized spacial score (nSPS) is 21.8. The summed E-state index contributed by atoms with van der Waals surface area (Å²) in [4.78, 5) is 14.3. The van der Waals surface area contributed by atoms with Crippen molar-refractivity contribution in [2.24, 2.45) is 0 Å². The molecule has 0 saturated carbocycles. The molecule has 1 rings (SSSR count). The monoisotopic (exact) mass is 241 g/mol. The van der Waals surface area contributed by atoms with E-state index in [1.54, 1.807) is 0 Å². The summed E-state index contributed by atoms with van der Waals surface area (Å²) >= 11 is 0. The number of amides is 1. The van der Waals surface area contributed by atoms with Gasteiger partial charge in [0.1, 0.15) is 0 Å². The van der Waals surface area contributed by atoms with Crippen molar-refractivity contribution in [1.29, 1.82) is 0 Å². The number of rotatable bonds is 7. The highest BCUT2D eigenvalue weighted by molar-refractivity contribution is 5.81. The summed E-state index contributed by atoms with van der Waals surface area (Å²) in [5.74, 6) is 0.173. The lowest BCUT2D eigenvalue weighted by atomic mass is 10.1. The largest absolute Gasteiger partial charge is 0.355 e. The number of carbonyl (C=O) groups is 1. The molecular formula is C13H27N3O. The average molecular weight is 241 g/mol. The third-order valence-electron chi connectivity index (χ3n) is 3.57. The van der Waals surface area contributed by atoms with Gasteiger partial charge in [-0.3, -0.25) is 9.69 Å². The zero-order valence-corrected chi connectivity index (χ0v) is 11.5. The van der Waals surface area contributed by atoms with E-state index in [4.69, 9.17) is 0 Å². The molecule has 1 amide bonds. The van der Waals surface area contributed by atoms with E-state index in [1.807, 2.05) is 6.92 Å². The molecule has 17 heavy (non-hydrogen) atoms. The van der Waals surface area contributed by atoms with Crippen LogP contribution in [0.25, 0.3) is 0 Å². The molecule has 4 nitrogen and oxygen atoms in total. The third-order valence-corrected chi connectivity index (χ3v) is 3.57. The minimum atomic E-state index is -0.0123. The molecule has 0 aromatic carbocycles. The summed E-state index contributed by atoms with van der Waals surface area (Å²) in [6, 6.07) is 0.508. The van der Waals surface area contributed by atoms with Crippen molar-refractivity contribution in [3.63, 3.8) is 0 Å². The molecule has 1 saturated heterocycles. The molecule has 0 aliphatic carbocycles. The van der Waals surface area contributed by atoms with Crippen LogP contribution in [0, 0.1) is 0 Å². The Balaban J connectivity index is 2.41. The van der Waals surface area contributed by atoms with Crippen molar-refractivity contribution in [1.82, 2.24) is 15.5 Å². The molecule has 1 heterocycles. The van der Waals surface area contributed by atoms with E-state index in [0.29, 0.717) is 6.04 Å². The zero-order chi connectivity index (χ0) is 12.7. The highest BCUT2D eigenvalue weighted by Crippen LogP contribution is 2.12. The first-order valence-electron chi connectivity index (χ1n) is 6.94. The van der Waals surface area contributed by atoms with Gasteiger partial charge in [0.2, 0.25) is 5.91 Å². The van der Waals surface area contributed by atoms with Crippen LogP contribution in [0.3, 0.4) is 0 Å². The van der Waals surface area contributed by atoms with Gasteiger partial charge in [-0.1, -0.05) is 20.3 Å². The van der Waals surface area contributed by atoms with Crippen molar-refractivity contribution in [3.8, 4) is 0 Å². The van der Waals surface area contributed by atoms with Gasteiger partial charge in [-0.05, 0) is 32.9 Å². The minimum absolute atomic E-state index is 0.0123. The molecule has 2 unspecified atom stereocenters. The smallest absolute Gasteiger partial charge is 0.237 e. The van der Waals surface area contributed by atoms with Crippen LogP contribution < -0.4 is 10.6 Å². The molecule has 1 aliphatic rings. The molecule has 0 bridgehead atoms. The van der Waals surface area contributed by atoms with E-state index in [-0.39, 0.29) is 11.9 Å². The summed E-state index contributed by atoms with van der Waals surface area (Å²) in [5, 5.41) is 6.38. The Morgan fingerprint density at radius 2 is 2.29 bits per heavy atom. The third kappa shape index (κ3) is 4.28. The number of likely N-dealkylation sites (N-methyl/N-ethyl adjacent to an activating group) is 1. The summed E-state index contributed by atoms with van der Waals surface area (Å²) in [7, 11) is 0. The van der Waals surface area contributed by atoms with Gasteiger partial charge in [0.25, 0.3) is 0 Å². The summed E-state index contributed by atoms with van der Waals surface area (Å²) in [6.45, 7) is 10.1. The SMILES string of the molecule is CCCCNC(=O)C(C)N(CC)C1CCNC1. The summed E-state index contributed by atoms with van der Waals surface area (Å²) < 4.78 is 0. The molecule has 0 aromatic heterocycles. The topological polar surface area (TPSA) is 44.4 Å². The lowest BCUT2D eigenvalue weighted by molar-refractivity contribution is -0.126. The number of hydrogen-bond acceptors (Lipinski definition) is 3. The van der Waals surface area contributed by atoms with Crippen molar-refractivity contribution >= 4 is 5.91 Å². The number of nitrogens with one attached hydrogen (secondary N) is 2. The van der Waals surface area contributed by atoms with Gasteiger partial charge >= 0.3 is 0 Å². The van der Waals surface area contributed by atoms with Crippen LogP contribution in [-0.4, -0.2) is 49.1 Å². The first kappa shape index (κ1) is 14.5. The summed E-state index contributed by atoms with van der Waals surface area (Å²) in [5.41, 5.74) is 0. The van der Waals surface area contributed by atoms with Crippen LogP contribution in [0.1, 0.15) is 40.0 Å². The molecule has 1 aliphatic heterocycles. The molecule has 0 spiro atoms. The number of nitrogens with zero attached hydrogens (tertiary/aromatic N) is 1. The second-order valence-electron chi connectivity index (χ2n) is 4.80. The molecule has 4 heteroatoms. The van der Waals surface area contributed by atoms with Gasteiger partial charge in [0.15, 0.2) is 0 Å². The Bertz CT molecular complexity index is 227. The van der Waals surface area contributed by atoms with Crippen LogP contribution in [0.4, 0.5) is 0 Å². The quantitative estimate of drug-likeness (QED) is 0.653. The van der Waals surface area contributed by atoms with Crippen LogP contribution in [0.2, 0.25) is 0 Å². The van der Waals surface area contributed by atoms with Gasteiger partial charge in [-0.25, -0.2) is 0 Å². The highest BCUT2D eigenvalue weighted by atomic mass is 16.2. The Kier molecular flexibility index (Phi) is 6.52. The van der Waals surface area contributed by atoms with Crippen molar-refractivity contribution < 1.29 is 4.79 Å². The number of unbranched alkanes of at least 4 members (excludes halogenated alkanes) is 1. The Hall–Kier alpha value is -0.610. The molecule has 0 radical (unpaired) electrons. The van der Waals surface area contributed by atoms with Gasteiger partial charge < -0.3 is 10.6 Å². The van der Waals surface area contributed by atoms with E-state index < -0.39 is 0 Å². The van der Waals surface area contributed by atoms with E-state index >= 15 is 0 Å². The van der Waals surface area contributed by atoms with Gasteiger partial charge in [-0.15, -0.1) is 0 Å². The van der Waals surface area contributed by atoms with Crippen LogP contribution in [0.15, 0.2) is 0 Å². The fourth-order valence-corrected chi connectivity index (χ4v) is 2.46. The van der Waals surface area contributed by atoms with Crippen LogP contribution >= 0.6 is 0 Å². The van der Waals surface area contributed by atoms with E-state index in [1.165, 1.54) is 0 Å².